The fraction of sp³-hybridized carbons (Fsp3) is 0.474. The Morgan fingerprint density at radius 1 is 1.31 bits per heavy atom. The molecular formula is C19H23ClN4O2. The maximum atomic E-state index is 12.6. The van der Waals surface area contributed by atoms with Crippen molar-refractivity contribution >= 4 is 17.6 Å². The Morgan fingerprint density at radius 3 is 3.04 bits per heavy atom. The van der Waals surface area contributed by atoms with Crippen molar-refractivity contribution in [2.24, 2.45) is 0 Å². The van der Waals surface area contributed by atoms with Crippen LogP contribution in [-0.2, 0) is 17.8 Å². The summed E-state index contributed by atoms with van der Waals surface area (Å²) in [7, 11) is 0. The molecule has 0 unspecified atom stereocenters. The van der Waals surface area contributed by atoms with Gasteiger partial charge in [-0.3, -0.25) is 4.68 Å². The highest BCUT2D eigenvalue weighted by atomic mass is 35.5. The lowest BCUT2D eigenvalue weighted by Crippen LogP contribution is -2.42. The van der Waals surface area contributed by atoms with Gasteiger partial charge in [0.2, 0.25) is 0 Å². The molecule has 1 N–H and O–H groups in total. The second-order valence-electron chi connectivity index (χ2n) is 6.85. The third kappa shape index (κ3) is 3.86. The van der Waals surface area contributed by atoms with Crippen LogP contribution in [-0.4, -0.2) is 46.5 Å². The molecule has 0 radical (unpaired) electrons. The van der Waals surface area contributed by atoms with E-state index < -0.39 is 0 Å². The second-order valence-corrected chi connectivity index (χ2v) is 7.29. The highest BCUT2D eigenvalue weighted by molar-refractivity contribution is 6.30. The standard InChI is InChI=1S/C19H23ClN4O2/c20-15-5-1-4-14(10-15)18-11-16-13-23(7-3-8-24(16)22-18)19(25)21-12-17-6-2-9-26-17/h1,4-5,10-11,17H,2-3,6-9,12-13H2,(H,21,25)/t17-/m1/s1. The van der Waals surface area contributed by atoms with Crippen LogP contribution in [0.15, 0.2) is 30.3 Å². The van der Waals surface area contributed by atoms with E-state index in [2.05, 4.69) is 11.4 Å². The first kappa shape index (κ1) is 17.4. The fourth-order valence-electron chi connectivity index (χ4n) is 3.54. The largest absolute Gasteiger partial charge is 0.376 e. The molecule has 1 atom stereocenters. The zero-order chi connectivity index (χ0) is 17.9. The Balaban J connectivity index is 1.44. The summed E-state index contributed by atoms with van der Waals surface area (Å²) in [6.07, 6.45) is 3.15. The molecule has 138 valence electrons. The van der Waals surface area contributed by atoms with Crippen molar-refractivity contribution in [1.82, 2.24) is 20.0 Å². The predicted octanol–water partition coefficient (Wildman–Crippen LogP) is 3.30. The van der Waals surface area contributed by atoms with Crippen LogP contribution in [0.4, 0.5) is 4.79 Å². The van der Waals surface area contributed by atoms with E-state index >= 15 is 0 Å². The number of nitrogens with zero attached hydrogens (tertiary/aromatic N) is 3. The number of fused-ring (bicyclic) bond motifs is 1. The maximum absolute atomic E-state index is 12.6. The third-order valence-corrected chi connectivity index (χ3v) is 5.16. The van der Waals surface area contributed by atoms with E-state index in [1.807, 2.05) is 33.8 Å². The number of nitrogens with one attached hydrogen (secondary N) is 1. The number of aromatic nitrogens is 2. The number of benzene rings is 1. The number of rotatable bonds is 3. The lowest BCUT2D eigenvalue weighted by molar-refractivity contribution is 0.108. The highest BCUT2D eigenvalue weighted by Crippen LogP contribution is 2.24. The summed E-state index contributed by atoms with van der Waals surface area (Å²) in [5.41, 5.74) is 2.93. The summed E-state index contributed by atoms with van der Waals surface area (Å²) < 4.78 is 7.58. The van der Waals surface area contributed by atoms with Gasteiger partial charge in [-0.25, -0.2) is 4.79 Å². The fourth-order valence-corrected chi connectivity index (χ4v) is 3.73. The topological polar surface area (TPSA) is 59.4 Å². The van der Waals surface area contributed by atoms with Gasteiger partial charge in [0.1, 0.15) is 0 Å². The first-order chi connectivity index (χ1) is 12.7. The average Bonchev–Trinajstić information content (AvgIpc) is 3.25. The van der Waals surface area contributed by atoms with Crippen LogP contribution in [0.5, 0.6) is 0 Å². The van der Waals surface area contributed by atoms with Gasteiger partial charge in [-0.15, -0.1) is 0 Å². The Hall–Kier alpha value is -2.05. The van der Waals surface area contributed by atoms with Gasteiger partial charge in [-0.05, 0) is 37.5 Å². The van der Waals surface area contributed by atoms with Crippen molar-refractivity contribution in [3.63, 3.8) is 0 Å². The van der Waals surface area contributed by atoms with Crippen LogP contribution in [0, 0.1) is 0 Å². The van der Waals surface area contributed by atoms with Crippen molar-refractivity contribution in [2.75, 3.05) is 19.7 Å². The quantitative estimate of drug-likeness (QED) is 0.896. The number of carbonyl (C=O) groups excluding carboxylic acids is 1. The first-order valence-electron chi connectivity index (χ1n) is 9.16. The summed E-state index contributed by atoms with van der Waals surface area (Å²) in [4.78, 5) is 14.4. The summed E-state index contributed by atoms with van der Waals surface area (Å²) in [5, 5.41) is 8.41. The van der Waals surface area contributed by atoms with Crippen molar-refractivity contribution in [3.05, 3.63) is 41.0 Å². The van der Waals surface area contributed by atoms with E-state index in [4.69, 9.17) is 21.4 Å². The SMILES string of the molecule is O=C(NC[C@H]1CCCO1)N1CCCn2nc(-c3cccc(Cl)c3)cc2C1. The second kappa shape index (κ2) is 7.68. The van der Waals surface area contributed by atoms with Crippen LogP contribution in [0.1, 0.15) is 25.0 Å². The Kier molecular flexibility index (Phi) is 5.13. The Bertz CT molecular complexity index is 786. The molecule has 1 aromatic heterocycles. The van der Waals surface area contributed by atoms with Gasteiger partial charge in [0, 0.05) is 36.8 Å². The average molecular weight is 375 g/mol. The summed E-state index contributed by atoms with van der Waals surface area (Å²) >= 11 is 6.09. The van der Waals surface area contributed by atoms with Crippen molar-refractivity contribution in [3.8, 4) is 11.3 Å². The van der Waals surface area contributed by atoms with Crippen molar-refractivity contribution in [2.45, 2.75) is 38.5 Å². The van der Waals surface area contributed by atoms with E-state index in [0.717, 1.165) is 55.9 Å². The van der Waals surface area contributed by atoms with Gasteiger partial charge in [0.25, 0.3) is 0 Å². The number of halogens is 1. The molecular weight excluding hydrogens is 352 g/mol. The molecule has 1 saturated heterocycles. The van der Waals surface area contributed by atoms with Gasteiger partial charge < -0.3 is 15.0 Å². The molecule has 26 heavy (non-hydrogen) atoms. The van der Waals surface area contributed by atoms with Gasteiger partial charge >= 0.3 is 6.03 Å². The molecule has 7 heteroatoms. The van der Waals surface area contributed by atoms with Crippen LogP contribution in [0.3, 0.4) is 0 Å². The number of amides is 2. The van der Waals surface area contributed by atoms with Crippen LogP contribution in [0.2, 0.25) is 5.02 Å². The lowest BCUT2D eigenvalue weighted by Gasteiger charge is -2.21. The first-order valence-corrected chi connectivity index (χ1v) is 9.54. The van der Waals surface area contributed by atoms with E-state index in [9.17, 15) is 4.79 Å². The number of hydrogen-bond acceptors (Lipinski definition) is 3. The minimum atomic E-state index is -0.0283. The predicted molar refractivity (Wildman–Crippen MR) is 100 cm³/mol. The molecule has 6 nitrogen and oxygen atoms in total. The highest BCUT2D eigenvalue weighted by Gasteiger charge is 2.22. The van der Waals surface area contributed by atoms with Crippen LogP contribution >= 0.6 is 11.6 Å². The van der Waals surface area contributed by atoms with Crippen molar-refractivity contribution < 1.29 is 9.53 Å². The molecule has 2 aliphatic heterocycles. The monoisotopic (exact) mass is 374 g/mol. The van der Waals surface area contributed by atoms with E-state index in [1.165, 1.54) is 0 Å². The number of carbonyl (C=O) groups is 1. The Labute approximate surface area is 158 Å². The molecule has 4 rings (SSSR count). The minimum Gasteiger partial charge on any atom is -0.376 e. The lowest BCUT2D eigenvalue weighted by atomic mass is 10.1. The normalized spacial score (nSPS) is 19.9. The van der Waals surface area contributed by atoms with E-state index in [0.29, 0.717) is 18.1 Å². The van der Waals surface area contributed by atoms with E-state index in [-0.39, 0.29) is 12.1 Å². The molecule has 2 aliphatic rings. The minimum absolute atomic E-state index is 0.0283. The molecule has 2 aromatic rings. The number of aryl methyl sites for hydroxylation is 1. The molecule has 0 spiro atoms. The van der Waals surface area contributed by atoms with Gasteiger partial charge in [-0.1, -0.05) is 23.7 Å². The van der Waals surface area contributed by atoms with Crippen LogP contribution in [0.25, 0.3) is 11.3 Å². The number of urea groups is 1. The van der Waals surface area contributed by atoms with Gasteiger partial charge in [-0.2, -0.15) is 5.10 Å². The van der Waals surface area contributed by atoms with Crippen LogP contribution < -0.4 is 5.32 Å². The van der Waals surface area contributed by atoms with Gasteiger partial charge in [0.05, 0.1) is 24.0 Å². The zero-order valence-corrected chi connectivity index (χ0v) is 15.4. The summed E-state index contributed by atoms with van der Waals surface area (Å²) in [6.45, 7) is 3.49. The Morgan fingerprint density at radius 2 is 2.23 bits per heavy atom. The number of ether oxygens (including phenoxy) is 1. The molecule has 2 amide bonds. The molecule has 0 aliphatic carbocycles. The maximum Gasteiger partial charge on any atom is 0.317 e. The summed E-state index contributed by atoms with van der Waals surface area (Å²) in [6, 6.07) is 9.71. The van der Waals surface area contributed by atoms with E-state index in [1.54, 1.807) is 0 Å². The zero-order valence-electron chi connectivity index (χ0n) is 14.7. The van der Waals surface area contributed by atoms with Crippen molar-refractivity contribution in [1.29, 1.82) is 0 Å². The summed E-state index contributed by atoms with van der Waals surface area (Å²) in [5.74, 6) is 0. The third-order valence-electron chi connectivity index (χ3n) is 4.93. The number of hydrogen-bond donors (Lipinski definition) is 1. The smallest absolute Gasteiger partial charge is 0.317 e. The molecule has 0 bridgehead atoms. The molecule has 0 saturated carbocycles. The van der Waals surface area contributed by atoms with Gasteiger partial charge in [0.15, 0.2) is 0 Å². The molecule has 3 heterocycles. The molecule has 1 aromatic carbocycles. The molecule has 1 fully saturated rings.